The molecule has 1 aromatic carbocycles. The Bertz CT molecular complexity index is 778. The number of aromatic nitrogens is 1. The molecule has 6 heteroatoms. The monoisotopic (exact) mass is 289 g/mol. The van der Waals surface area contributed by atoms with Crippen LogP contribution in [0.3, 0.4) is 0 Å². The van der Waals surface area contributed by atoms with E-state index >= 15 is 0 Å². The van der Waals surface area contributed by atoms with Crippen molar-refractivity contribution in [2.24, 2.45) is 0 Å². The highest BCUT2D eigenvalue weighted by Crippen LogP contribution is 2.33. The van der Waals surface area contributed by atoms with Gasteiger partial charge in [-0.1, -0.05) is 0 Å². The van der Waals surface area contributed by atoms with Gasteiger partial charge in [0.25, 0.3) is 0 Å². The molecule has 110 valence electrons. The summed E-state index contributed by atoms with van der Waals surface area (Å²) in [6, 6.07) is 3.32. The highest BCUT2D eigenvalue weighted by molar-refractivity contribution is 5.93. The van der Waals surface area contributed by atoms with Gasteiger partial charge < -0.3 is 19.1 Å². The van der Waals surface area contributed by atoms with Gasteiger partial charge in [0.15, 0.2) is 11.5 Å². The second-order valence-corrected chi connectivity index (χ2v) is 4.83. The number of carbonyl (C=O) groups is 1. The van der Waals surface area contributed by atoms with Gasteiger partial charge in [-0.05, 0) is 13.0 Å². The van der Waals surface area contributed by atoms with Crippen LogP contribution in [-0.2, 0) is 6.54 Å². The lowest BCUT2D eigenvalue weighted by molar-refractivity contribution is 0.0695. The third-order valence-electron chi connectivity index (χ3n) is 3.52. The number of rotatable bonds is 2. The van der Waals surface area contributed by atoms with E-state index in [-0.39, 0.29) is 5.56 Å². The topological polar surface area (TPSA) is 77.8 Å². The fraction of sp³-hybridized carbons (Fsp3) is 0.333. The van der Waals surface area contributed by atoms with E-state index < -0.39 is 11.4 Å². The standard InChI is InChI=1S/C15H15NO5/c1-2-16-8-10(15(18)19)14(17)9-6-12-13(7-11(9)16)21-5-3-4-20-12/h6-8H,2-5H2,1H3,(H,18,19). The van der Waals surface area contributed by atoms with E-state index in [0.717, 1.165) is 6.42 Å². The third kappa shape index (κ3) is 2.22. The predicted molar refractivity (Wildman–Crippen MR) is 76.4 cm³/mol. The number of fused-ring (bicyclic) bond motifs is 2. The van der Waals surface area contributed by atoms with Crippen LogP contribution in [0.2, 0.25) is 0 Å². The maximum absolute atomic E-state index is 12.3. The largest absolute Gasteiger partial charge is 0.490 e. The molecule has 0 spiro atoms. The lowest BCUT2D eigenvalue weighted by Gasteiger charge is -2.13. The average Bonchev–Trinajstić information content (AvgIpc) is 2.70. The van der Waals surface area contributed by atoms with Crippen LogP contribution in [0.4, 0.5) is 0 Å². The number of carboxylic acid groups (broad SMARTS) is 1. The number of hydrogen-bond acceptors (Lipinski definition) is 4. The molecule has 0 aliphatic carbocycles. The van der Waals surface area contributed by atoms with Crippen molar-refractivity contribution in [3.8, 4) is 11.5 Å². The molecular formula is C15H15NO5. The Morgan fingerprint density at radius 1 is 1.29 bits per heavy atom. The van der Waals surface area contributed by atoms with E-state index in [2.05, 4.69) is 0 Å². The molecule has 1 aromatic heterocycles. The summed E-state index contributed by atoms with van der Waals surface area (Å²) >= 11 is 0. The van der Waals surface area contributed by atoms with E-state index in [0.29, 0.717) is 42.2 Å². The number of benzene rings is 1. The molecule has 0 atom stereocenters. The van der Waals surface area contributed by atoms with Crippen LogP contribution in [0.15, 0.2) is 23.1 Å². The van der Waals surface area contributed by atoms with Crippen LogP contribution >= 0.6 is 0 Å². The number of aromatic carboxylic acids is 1. The summed E-state index contributed by atoms with van der Waals surface area (Å²) in [7, 11) is 0. The first-order valence-corrected chi connectivity index (χ1v) is 6.82. The minimum atomic E-state index is -1.23. The molecule has 0 bridgehead atoms. The van der Waals surface area contributed by atoms with Crippen molar-refractivity contribution < 1.29 is 19.4 Å². The number of nitrogens with zero attached hydrogens (tertiary/aromatic N) is 1. The van der Waals surface area contributed by atoms with Gasteiger partial charge in [0, 0.05) is 25.2 Å². The number of ether oxygens (including phenoxy) is 2. The molecule has 0 radical (unpaired) electrons. The zero-order valence-corrected chi connectivity index (χ0v) is 11.6. The second kappa shape index (κ2) is 5.12. The minimum absolute atomic E-state index is 0.237. The molecule has 1 aliphatic rings. The Kier molecular flexibility index (Phi) is 3.29. The Labute approximate surface area is 120 Å². The summed E-state index contributed by atoms with van der Waals surface area (Å²) in [5, 5.41) is 9.49. The van der Waals surface area contributed by atoms with E-state index in [1.807, 2.05) is 6.92 Å². The summed E-state index contributed by atoms with van der Waals surface area (Å²) in [6.45, 7) is 3.51. The first-order chi connectivity index (χ1) is 10.1. The Morgan fingerprint density at radius 2 is 1.95 bits per heavy atom. The molecule has 0 fully saturated rings. The summed E-state index contributed by atoms with van der Waals surface area (Å²) in [5.41, 5.74) is -0.0894. The first kappa shape index (κ1) is 13.5. The molecule has 1 aliphatic heterocycles. The van der Waals surface area contributed by atoms with E-state index in [4.69, 9.17) is 14.6 Å². The summed E-state index contributed by atoms with van der Waals surface area (Å²) < 4.78 is 12.9. The van der Waals surface area contributed by atoms with Gasteiger partial charge in [-0.25, -0.2) is 4.79 Å². The molecule has 2 heterocycles. The van der Waals surface area contributed by atoms with Crippen molar-refractivity contribution in [3.05, 3.63) is 34.1 Å². The number of carboxylic acids is 1. The van der Waals surface area contributed by atoms with Gasteiger partial charge >= 0.3 is 5.97 Å². The number of hydrogen-bond donors (Lipinski definition) is 1. The van der Waals surface area contributed by atoms with Crippen molar-refractivity contribution in [2.45, 2.75) is 19.9 Å². The number of aryl methyl sites for hydroxylation is 1. The van der Waals surface area contributed by atoms with Crippen molar-refractivity contribution in [2.75, 3.05) is 13.2 Å². The summed E-state index contributed by atoms with van der Waals surface area (Å²) in [6.07, 6.45) is 2.14. The molecule has 21 heavy (non-hydrogen) atoms. The Morgan fingerprint density at radius 3 is 2.57 bits per heavy atom. The summed E-state index contributed by atoms with van der Waals surface area (Å²) in [5.74, 6) is -0.150. The van der Waals surface area contributed by atoms with Crippen LogP contribution in [-0.4, -0.2) is 28.9 Å². The van der Waals surface area contributed by atoms with Crippen LogP contribution in [0.25, 0.3) is 10.9 Å². The lowest BCUT2D eigenvalue weighted by Crippen LogP contribution is -2.18. The van der Waals surface area contributed by atoms with Crippen molar-refractivity contribution in [1.29, 1.82) is 0 Å². The van der Waals surface area contributed by atoms with E-state index in [9.17, 15) is 9.59 Å². The van der Waals surface area contributed by atoms with Gasteiger partial charge in [0.1, 0.15) is 5.56 Å². The molecule has 0 unspecified atom stereocenters. The van der Waals surface area contributed by atoms with E-state index in [1.165, 1.54) is 6.20 Å². The lowest BCUT2D eigenvalue weighted by atomic mass is 10.1. The normalized spacial score (nSPS) is 14.0. The predicted octanol–water partition coefficient (Wildman–Crippen LogP) is 1.88. The molecule has 0 saturated carbocycles. The SMILES string of the molecule is CCn1cc(C(=O)O)c(=O)c2cc3c(cc21)OCCCO3. The van der Waals surface area contributed by atoms with Gasteiger partial charge in [-0.15, -0.1) is 0 Å². The molecule has 3 rings (SSSR count). The zero-order chi connectivity index (χ0) is 15.0. The van der Waals surface area contributed by atoms with Crippen LogP contribution < -0.4 is 14.9 Å². The number of pyridine rings is 1. The Balaban J connectivity index is 2.35. The molecule has 2 aromatic rings. The second-order valence-electron chi connectivity index (χ2n) is 4.83. The summed E-state index contributed by atoms with van der Waals surface area (Å²) in [4.78, 5) is 23.5. The zero-order valence-electron chi connectivity index (χ0n) is 11.6. The van der Waals surface area contributed by atoms with Gasteiger partial charge in [-0.2, -0.15) is 0 Å². The van der Waals surface area contributed by atoms with Crippen LogP contribution in [0.5, 0.6) is 11.5 Å². The molecule has 1 N–H and O–H groups in total. The fourth-order valence-corrected chi connectivity index (χ4v) is 2.46. The quantitative estimate of drug-likeness (QED) is 0.913. The van der Waals surface area contributed by atoms with Gasteiger partial charge in [0.2, 0.25) is 5.43 Å². The Hall–Kier alpha value is -2.50. The highest BCUT2D eigenvalue weighted by atomic mass is 16.5. The molecule has 0 amide bonds. The molecular weight excluding hydrogens is 274 g/mol. The van der Waals surface area contributed by atoms with Crippen molar-refractivity contribution in [3.63, 3.8) is 0 Å². The van der Waals surface area contributed by atoms with Crippen molar-refractivity contribution in [1.82, 2.24) is 4.57 Å². The molecule has 0 saturated heterocycles. The fourth-order valence-electron chi connectivity index (χ4n) is 2.46. The van der Waals surface area contributed by atoms with Gasteiger partial charge in [0.05, 0.1) is 24.1 Å². The van der Waals surface area contributed by atoms with E-state index in [1.54, 1.807) is 16.7 Å². The van der Waals surface area contributed by atoms with Crippen LogP contribution in [0, 0.1) is 0 Å². The molecule has 6 nitrogen and oxygen atoms in total. The maximum Gasteiger partial charge on any atom is 0.341 e. The first-order valence-electron chi connectivity index (χ1n) is 6.82. The smallest absolute Gasteiger partial charge is 0.341 e. The highest BCUT2D eigenvalue weighted by Gasteiger charge is 2.18. The minimum Gasteiger partial charge on any atom is -0.490 e. The van der Waals surface area contributed by atoms with Gasteiger partial charge in [-0.3, -0.25) is 4.79 Å². The average molecular weight is 289 g/mol. The third-order valence-corrected chi connectivity index (χ3v) is 3.52. The maximum atomic E-state index is 12.3. The van der Waals surface area contributed by atoms with Crippen molar-refractivity contribution >= 4 is 16.9 Å². The van der Waals surface area contributed by atoms with Crippen LogP contribution in [0.1, 0.15) is 23.7 Å².